The maximum absolute atomic E-state index is 12.2. The minimum atomic E-state index is -0.434. The van der Waals surface area contributed by atoms with Crippen molar-refractivity contribution >= 4 is 6.09 Å². The molecule has 2 aliphatic heterocycles. The molecule has 1 fully saturated rings. The van der Waals surface area contributed by atoms with Gasteiger partial charge in [-0.25, -0.2) is 4.79 Å². The molecule has 0 radical (unpaired) electrons. The SMILES string of the molecule is CC(C)(C)OC(=O)N1C[C@@H]2NCc3ccccc3[C@@H]2C1. The first-order valence-corrected chi connectivity index (χ1v) is 7.23. The van der Waals surface area contributed by atoms with Crippen molar-refractivity contribution in [3.05, 3.63) is 35.4 Å². The number of fused-ring (bicyclic) bond motifs is 3. The van der Waals surface area contributed by atoms with Crippen LogP contribution in [-0.4, -0.2) is 35.7 Å². The number of benzene rings is 1. The third-order valence-electron chi connectivity index (χ3n) is 3.98. The van der Waals surface area contributed by atoms with Crippen LogP contribution in [0.5, 0.6) is 0 Å². The summed E-state index contributed by atoms with van der Waals surface area (Å²) < 4.78 is 5.47. The lowest BCUT2D eigenvalue weighted by Gasteiger charge is -2.28. The second-order valence-corrected chi connectivity index (χ2v) is 6.68. The van der Waals surface area contributed by atoms with Crippen molar-refractivity contribution in [2.24, 2.45) is 0 Å². The Hall–Kier alpha value is -1.55. The average molecular weight is 274 g/mol. The predicted molar refractivity (Wildman–Crippen MR) is 77.6 cm³/mol. The maximum Gasteiger partial charge on any atom is 0.410 e. The molecule has 20 heavy (non-hydrogen) atoms. The van der Waals surface area contributed by atoms with Gasteiger partial charge < -0.3 is 15.0 Å². The van der Waals surface area contributed by atoms with Crippen LogP contribution in [0.1, 0.15) is 37.8 Å². The molecule has 1 aromatic carbocycles. The van der Waals surface area contributed by atoms with Gasteiger partial charge in [-0.2, -0.15) is 0 Å². The molecule has 0 aromatic heterocycles. The molecular weight excluding hydrogens is 252 g/mol. The molecule has 108 valence electrons. The molecule has 0 spiro atoms. The van der Waals surface area contributed by atoms with Crippen molar-refractivity contribution in [2.45, 2.75) is 44.9 Å². The van der Waals surface area contributed by atoms with Crippen LogP contribution in [0.25, 0.3) is 0 Å². The Balaban J connectivity index is 1.75. The Morgan fingerprint density at radius 2 is 2.05 bits per heavy atom. The quantitative estimate of drug-likeness (QED) is 0.790. The van der Waals surface area contributed by atoms with Gasteiger partial charge in [0.15, 0.2) is 0 Å². The van der Waals surface area contributed by atoms with E-state index < -0.39 is 5.60 Å². The standard InChI is InChI=1S/C16H22N2O2/c1-16(2,3)20-15(19)18-9-13-12-7-5-4-6-11(12)8-17-14(13)10-18/h4-7,13-14,17H,8-10H2,1-3H3/t13-,14-/m0/s1. The van der Waals surface area contributed by atoms with E-state index >= 15 is 0 Å². The number of nitrogens with one attached hydrogen (secondary N) is 1. The Labute approximate surface area is 120 Å². The van der Waals surface area contributed by atoms with Crippen molar-refractivity contribution < 1.29 is 9.53 Å². The third-order valence-corrected chi connectivity index (χ3v) is 3.98. The Kier molecular flexibility index (Phi) is 3.21. The Morgan fingerprint density at radius 3 is 2.80 bits per heavy atom. The first-order valence-electron chi connectivity index (χ1n) is 7.23. The van der Waals surface area contributed by atoms with Crippen molar-refractivity contribution in [3.8, 4) is 0 Å². The number of nitrogens with zero attached hydrogens (tertiary/aromatic N) is 1. The smallest absolute Gasteiger partial charge is 0.410 e. The van der Waals surface area contributed by atoms with Gasteiger partial charge in [-0.05, 0) is 31.9 Å². The molecule has 2 aliphatic rings. The molecule has 1 saturated heterocycles. The highest BCUT2D eigenvalue weighted by molar-refractivity contribution is 5.69. The van der Waals surface area contributed by atoms with Crippen molar-refractivity contribution in [3.63, 3.8) is 0 Å². The second-order valence-electron chi connectivity index (χ2n) is 6.68. The zero-order valence-electron chi connectivity index (χ0n) is 12.3. The normalized spacial score (nSPS) is 25.1. The highest BCUT2D eigenvalue weighted by Crippen LogP contribution is 2.34. The molecule has 2 atom stereocenters. The number of hydrogen-bond donors (Lipinski definition) is 1. The highest BCUT2D eigenvalue weighted by Gasteiger charge is 2.40. The minimum absolute atomic E-state index is 0.203. The van der Waals surface area contributed by atoms with E-state index in [1.807, 2.05) is 25.7 Å². The fourth-order valence-corrected chi connectivity index (χ4v) is 3.10. The van der Waals surface area contributed by atoms with E-state index in [9.17, 15) is 4.79 Å². The van der Waals surface area contributed by atoms with E-state index in [-0.39, 0.29) is 6.09 Å². The summed E-state index contributed by atoms with van der Waals surface area (Å²) in [6, 6.07) is 8.84. The van der Waals surface area contributed by atoms with E-state index in [1.54, 1.807) is 0 Å². The molecule has 2 heterocycles. The van der Waals surface area contributed by atoms with Gasteiger partial charge in [-0.15, -0.1) is 0 Å². The minimum Gasteiger partial charge on any atom is -0.444 e. The zero-order chi connectivity index (χ0) is 14.3. The van der Waals surface area contributed by atoms with E-state index in [0.29, 0.717) is 12.0 Å². The van der Waals surface area contributed by atoms with E-state index in [1.165, 1.54) is 11.1 Å². The maximum atomic E-state index is 12.2. The lowest BCUT2D eigenvalue weighted by Crippen LogP contribution is -2.40. The van der Waals surface area contributed by atoms with Crippen LogP contribution in [0, 0.1) is 0 Å². The Morgan fingerprint density at radius 1 is 1.30 bits per heavy atom. The number of carbonyl (C=O) groups is 1. The van der Waals surface area contributed by atoms with Crippen molar-refractivity contribution in [2.75, 3.05) is 13.1 Å². The summed E-state index contributed by atoms with van der Waals surface area (Å²) in [7, 11) is 0. The predicted octanol–water partition coefficient (Wildman–Crippen LogP) is 2.49. The molecule has 0 unspecified atom stereocenters. The van der Waals surface area contributed by atoms with Gasteiger partial charge in [0, 0.05) is 31.6 Å². The molecule has 4 nitrogen and oxygen atoms in total. The van der Waals surface area contributed by atoms with Gasteiger partial charge >= 0.3 is 6.09 Å². The summed E-state index contributed by atoms with van der Waals surface area (Å²) in [5.41, 5.74) is 2.29. The number of rotatable bonds is 0. The van der Waals surface area contributed by atoms with Gasteiger partial charge in [-0.3, -0.25) is 0 Å². The largest absolute Gasteiger partial charge is 0.444 e. The molecular formula is C16H22N2O2. The summed E-state index contributed by atoms with van der Waals surface area (Å²) in [4.78, 5) is 14.0. The monoisotopic (exact) mass is 274 g/mol. The third kappa shape index (κ3) is 2.52. The van der Waals surface area contributed by atoms with Crippen LogP contribution in [0.15, 0.2) is 24.3 Å². The second kappa shape index (κ2) is 4.77. The molecule has 0 saturated carbocycles. The summed E-state index contributed by atoms with van der Waals surface area (Å²) >= 11 is 0. The van der Waals surface area contributed by atoms with Crippen molar-refractivity contribution in [1.29, 1.82) is 0 Å². The molecule has 1 N–H and O–H groups in total. The van der Waals surface area contributed by atoms with Crippen LogP contribution in [0.3, 0.4) is 0 Å². The summed E-state index contributed by atoms with van der Waals surface area (Å²) in [5.74, 6) is 0.382. The number of likely N-dealkylation sites (tertiary alicyclic amines) is 1. The van der Waals surface area contributed by atoms with E-state index in [2.05, 4.69) is 29.6 Å². The van der Waals surface area contributed by atoms with Crippen LogP contribution in [0.4, 0.5) is 4.79 Å². The fraction of sp³-hybridized carbons (Fsp3) is 0.562. The Bertz CT molecular complexity index is 521. The van der Waals surface area contributed by atoms with E-state index in [0.717, 1.165) is 19.6 Å². The highest BCUT2D eigenvalue weighted by atomic mass is 16.6. The first-order chi connectivity index (χ1) is 9.44. The molecule has 0 bridgehead atoms. The van der Waals surface area contributed by atoms with Crippen LogP contribution < -0.4 is 5.32 Å². The molecule has 0 aliphatic carbocycles. The van der Waals surface area contributed by atoms with Gasteiger partial charge in [0.2, 0.25) is 0 Å². The van der Waals surface area contributed by atoms with Gasteiger partial charge in [0.25, 0.3) is 0 Å². The van der Waals surface area contributed by atoms with E-state index in [4.69, 9.17) is 4.74 Å². The summed E-state index contributed by atoms with van der Waals surface area (Å²) in [6.45, 7) is 8.07. The number of ether oxygens (including phenoxy) is 1. The lowest BCUT2D eigenvalue weighted by molar-refractivity contribution is 0.0289. The van der Waals surface area contributed by atoms with Crippen LogP contribution >= 0.6 is 0 Å². The number of hydrogen-bond acceptors (Lipinski definition) is 3. The zero-order valence-corrected chi connectivity index (χ0v) is 12.3. The number of carbonyl (C=O) groups excluding carboxylic acids is 1. The molecule has 1 amide bonds. The first kappa shape index (κ1) is 13.4. The molecule has 1 aromatic rings. The van der Waals surface area contributed by atoms with Crippen molar-refractivity contribution in [1.82, 2.24) is 10.2 Å². The summed E-state index contributed by atoms with van der Waals surface area (Å²) in [5, 5.41) is 3.54. The molecule has 3 rings (SSSR count). The van der Waals surface area contributed by atoms with Gasteiger partial charge in [0.1, 0.15) is 5.60 Å². The lowest BCUT2D eigenvalue weighted by atomic mass is 9.87. The number of amides is 1. The average Bonchev–Trinajstić information content (AvgIpc) is 2.81. The van der Waals surface area contributed by atoms with Gasteiger partial charge in [-0.1, -0.05) is 24.3 Å². The fourth-order valence-electron chi connectivity index (χ4n) is 3.10. The van der Waals surface area contributed by atoms with Crippen LogP contribution in [-0.2, 0) is 11.3 Å². The summed E-state index contributed by atoms with van der Waals surface area (Å²) in [6.07, 6.45) is -0.203. The topological polar surface area (TPSA) is 41.6 Å². The van der Waals surface area contributed by atoms with Crippen LogP contribution in [0.2, 0.25) is 0 Å². The van der Waals surface area contributed by atoms with Gasteiger partial charge in [0.05, 0.1) is 0 Å². The molecule has 4 heteroatoms.